The molecule has 3 amide bonds. The second-order valence-corrected chi connectivity index (χ2v) is 7.60. The van der Waals surface area contributed by atoms with Crippen LogP contribution >= 0.6 is 0 Å². The van der Waals surface area contributed by atoms with Crippen LogP contribution in [-0.2, 0) is 9.59 Å². The van der Waals surface area contributed by atoms with Crippen LogP contribution in [0.4, 0.5) is 5.69 Å². The lowest BCUT2D eigenvalue weighted by Gasteiger charge is -2.33. The molecule has 1 aliphatic carbocycles. The van der Waals surface area contributed by atoms with Gasteiger partial charge in [0.15, 0.2) is 0 Å². The van der Waals surface area contributed by atoms with E-state index in [2.05, 4.69) is 10.6 Å². The van der Waals surface area contributed by atoms with Crippen LogP contribution in [0.15, 0.2) is 24.3 Å². The van der Waals surface area contributed by atoms with Crippen molar-refractivity contribution < 1.29 is 14.4 Å². The molecule has 1 atom stereocenters. The number of hydrogen-bond acceptors (Lipinski definition) is 3. The summed E-state index contributed by atoms with van der Waals surface area (Å²) in [6.45, 7) is 3.45. The van der Waals surface area contributed by atoms with Gasteiger partial charge >= 0.3 is 0 Å². The van der Waals surface area contributed by atoms with E-state index in [-0.39, 0.29) is 29.7 Å². The largest absolute Gasteiger partial charge is 0.348 e. The molecule has 3 rings (SSSR count). The first-order valence-corrected chi connectivity index (χ1v) is 10.1. The van der Waals surface area contributed by atoms with Crippen LogP contribution in [0.2, 0.25) is 0 Å². The lowest BCUT2D eigenvalue weighted by molar-refractivity contribution is -0.133. The van der Waals surface area contributed by atoms with Crippen molar-refractivity contribution in [2.45, 2.75) is 57.9 Å². The van der Waals surface area contributed by atoms with E-state index in [1.807, 2.05) is 11.8 Å². The van der Waals surface area contributed by atoms with Gasteiger partial charge < -0.3 is 15.5 Å². The lowest BCUT2D eigenvalue weighted by atomic mass is 10.0. The van der Waals surface area contributed by atoms with Crippen molar-refractivity contribution in [2.24, 2.45) is 5.92 Å². The van der Waals surface area contributed by atoms with E-state index < -0.39 is 0 Å². The highest BCUT2D eigenvalue weighted by molar-refractivity contribution is 5.96. The van der Waals surface area contributed by atoms with Gasteiger partial charge in [-0.05, 0) is 56.4 Å². The number of hydrogen-bond donors (Lipinski definition) is 2. The Hall–Kier alpha value is -2.37. The molecule has 1 aliphatic heterocycles. The van der Waals surface area contributed by atoms with Gasteiger partial charge in [0, 0.05) is 42.7 Å². The summed E-state index contributed by atoms with van der Waals surface area (Å²) in [6.07, 6.45) is 6.20. The number of piperidine rings is 1. The number of carbonyl (C=O) groups is 3. The molecule has 1 saturated heterocycles. The minimum atomic E-state index is -0.135. The standard InChI is InChI=1S/C21H29N3O3/c1-2-3-6-19(25)22-17-11-9-15(10-12-17)20(26)23-18-5-4-13-24(14-18)21(27)16-7-8-16/h9-12,16,18H,2-8,13-14H2,1H3,(H,22,25)(H,23,26)/t18-/m1/s1. The Labute approximate surface area is 160 Å². The maximum atomic E-state index is 12.5. The maximum absolute atomic E-state index is 12.5. The second-order valence-electron chi connectivity index (χ2n) is 7.60. The molecule has 2 fully saturated rings. The number of amides is 3. The lowest BCUT2D eigenvalue weighted by Crippen LogP contribution is -2.50. The average Bonchev–Trinajstić information content (AvgIpc) is 3.52. The minimum Gasteiger partial charge on any atom is -0.348 e. The number of nitrogens with one attached hydrogen (secondary N) is 2. The van der Waals surface area contributed by atoms with Crippen molar-refractivity contribution >= 4 is 23.4 Å². The van der Waals surface area contributed by atoms with Crippen molar-refractivity contribution in [2.75, 3.05) is 18.4 Å². The fraction of sp³-hybridized carbons (Fsp3) is 0.571. The Morgan fingerprint density at radius 1 is 1.11 bits per heavy atom. The quantitative estimate of drug-likeness (QED) is 0.773. The van der Waals surface area contributed by atoms with Crippen LogP contribution in [0.5, 0.6) is 0 Å². The fourth-order valence-corrected chi connectivity index (χ4v) is 3.42. The molecule has 27 heavy (non-hydrogen) atoms. The molecular formula is C21H29N3O3. The molecule has 0 aromatic heterocycles. The first kappa shape index (κ1) is 19.4. The van der Waals surface area contributed by atoms with Gasteiger partial charge in [-0.25, -0.2) is 0 Å². The number of anilines is 1. The van der Waals surface area contributed by atoms with E-state index in [9.17, 15) is 14.4 Å². The van der Waals surface area contributed by atoms with Gasteiger partial charge in [0.25, 0.3) is 5.91 Å². The van der Waals surface area contributed by atoms with Gasteiger partial charge in [-0.15, -0.1) is 0 Å². The summed E-state index contributed by atoms with van der Waals surface area (Å²) in [5.74, 6) is 0.331. The number of carbonyl (C=O) groups excluding carboxylic acids is 3. The predicted molar refractivity (Wildman–Crippen MR) is 104 cm³/mol. The van der Waals surface area contributed by atoms with Crippen molar-refractivity contribution in [3.05, 3.63) is 29.8 Å². The predicted octanol–water partition coefficient (Wildman–Crippen LogP) is 2.95. The fourth-order valence-electron chi connectivity index (χ4n) is 3.42. The Morgan fingerprint density at radius 3 is 2.52 bits per heavy atom. The minimum absolute atomic E-state index is 0.00220. The average molecular weight is 371 g/mol. The van der Waals surface area contributed by atoms with Crippen molar-refractivity contribution in [3.63, 3.8) is 0 Å². The van der Waals surface area contributed by atoms with Gasteiger partial charge in [0.05, 0.1) is 0 Å². The summed E-state index contributed by atoms with van der Waals surface area (Å²) in [6, 6.07) is 6.95. The normalized spacial score (nSPS) is 19.4. The Bertz CT molecular complexity index is 682. The molecular weight excluding hydrogens is 342 g/mol. The van der Waals surface area contributed by atoms with E-state index in [1.54, 1.807) is 24.3 Å². The summed E-state index contributed by atoms with van der Waals surface area (Å²) in [5, 5.41) is 5.89. The summed E-state index contributed by atoms with van der Waals surface area (Å²) in [4.78, 5) is 38.4. The van der Waals surface area contributed by atoms with Crippen molar-refractivity contribution in [1.29, 1.82) is 0 Å². The number of likely N-dealkylation sites (tertiary alicyclic amines) is 1. The molecule has 6 nitrogen and oxygen atoms in total. The summed E-state index contributed by atoms with van der Waals surface area (Å²) in [7, 11) is 0. The highest BCUT2D eigenvalue weighted by Gasteiger charge is 2.35. The van der Waals surface area contributed by atoms with E-state index in [1.165, 1.54) is 0 Å². The Kier molecular flexibility index (Phi) is 6.48. The van der Waals surface area contributed by atoms with Crippen LogP contribution in [-0.4, -0.2) is 41.8 Å². The van der Waals surface area contributed by atoms with E-state index in [0.29, 0.717) is 24.2 Å². The summed E-state index contributed by atoms with van der Waals surface area (Å²) in [5.41, 5.74) is 1.26. The van der Waals surface area contributed by atoms with Gasteiger partial charge in [0.2, 0.25) is 11.8 Å². The van der Waals surface area contributed by atoms with Crippen LogP contribution in [0, 0.1) is 5.92 Å². The molecule has 0 spiro atoms. The maximum Gasteiger partial charge on any atom is 0.251 e. The number of nitrogens with zero attached hydrogens (tertiary/aromatic N) is 1. The zero-order chi connectivity index (χ0) is 19.2. The molecule has 0 radical (unpaired) electrons. The van der Waals surface area contributed by atoms with E-state index >= 15 is 0 Å². The number of benzene rings is 1. The second kappa shape index (κ2) is 9.02. The first-order chi connectivity index (χ1) is 13.1. The molecule has 0 unspecified atom stereocenters. The third-order valence-electron chi connectivity index (χ3n) is 5.18. The highest BCUT2D eigenvalue weighted by Crippen LogP contribution is 2.31. The zero-order valence-corrected chi connectivity index (χ0v) is 16.0. The SMILES string of the molecule is CCCCC(=O)Nc1ccc(C(=O)N[C@@H]2CCCN(C(=O)C3CC3)C2)cc1. The smallest absolute Gasteiger partial charge is 0.251 e. The van der Waals surface area contributed by atoms with Crippen molar-refractivity contribution in [1.82, 2.24) is 10.2 Å². The molecule has 146 valence electrons. The number of rotatable bonds is 7. The molecule has 0 bridgehead atoms. The summed E-state index contributed by atoms with van der Waals surface area (Å²) < 4.78 is 0. The molecule has 6 heteroatoms. The summed E-state index contributed by atoms with van der Waals surface area (Å²) >= 11 is 0. The van der Waals surface area contributed by atoms with Crippen LogP contribution in [0.1, 0.15) is 62.2 Å². The first-order valence-electron chi connectivity index (χ1n) is 10.1. The van der Waals surface area contributed by atoms with Crippen LogP contribution in [0.25, 0.3) is 0 Å². The Morgan fingerprint density at radius 2 is 1.85 bits per heavy atom. The molecule has 1 aromatic carbocycles. The van der Waals surface area contributed by atoms with Crippen LogP contribution < -0.4 is 10.6 Å². The third-order valence-corrected chi connectivity index (χ3v) is 5.18. The van der Waals surface area contributed by atoms with Gasteiger partial charge in [-0.3, -0.25) is 14.4 Å². The van der Waals surface area contributed by atoms with E-state index in [4.69, 9.17) is 0 Å². The van der Waals surface area contributed by atoms with Crippen LogP contribution in [0.3, 0.4) is 0 Å². The highest BCUT2D eigenvalue weighted by atomic mass is 16.2. The Balaban J connectivity index is 1.50. The van der Waals surface area contributed by atoms with Gasteiger partial charge in [-0.1, -0.05) is 13.3 Å². The zero-order valence-electron chi connectivity index (χ0n) is 16.0. The molecule has 1 heterocycles. The van der Waals surface area contributed by atoms with Crippen molar-refractivity contribution in [3.8, 4) is 0 Å². The van der Waals surface area contributed by atoms with Gasteiger partial charge in [-0.2, -0.15) is 0 Å². The topological polar surface area (TPSA) is 78.5 Å². The van der Waals surface area contributed by atoms with Gasteiger partial charge in [0.1, 0.15) is 0 Å². The van der Waals surface area contributed by atoms with E-state index in [0.717, 1.165) is 45.1 Å². The monoisotopic (exact) mass is 371 g/mol. The molecule has 1 saturated carbocycles. The third kappa shape index (κ3) is 5.55. The molecule has 2 N–H and O–H groups in total. The molecule has 1 aromatic rings. The number of unbranched alkanes of at least 4 members (excludes halogenated alkanes) is 1. The molecule has 2 aliphatic rings.